The second-order valence-corrected chi connectivity index (χ2v) is 5.07. The van der Waals surface area contributed by atoms with Crippen molar-refractivity contribution >= 4 is 12.0 Å². The smallest absolute Gasteiger partial charge is 0.315 e. The molecule has 1 aliphatic carbocycles. The van der Waals surface area contributed by atoms with Crippen molar-refractivity contribution in [3.8, 4) is 0 Å². The third-order valence-electron chi connectivity index (χ3n) is 3.49. The summed E-state index contributed by atoms with van der Waals surface area (Å²) in [6, 6.07) is -0.724. The summed E-state index contributed by atoms with van der Waals surface area (Å²) in [6.07, 6.45) is 4.81. The minimum atomic E-state index is -0.925. The van der Waals surface area contributed by atoms with Crippen LogP contribution in [0.15, 0.2) is 0 Å². The van der Waals surface area contributed by atoms with E-state index in [9.17, 15) is 9.59 Å². The van der Waals surface area contributed by atoms with Crippen molar-refractivity contribution in [1.82, 2.24) is 10.6 Å². The Bertz CT molecular complexity index is 317. The number of hydrogen-bond acceptors (Lipinski definition) is 3. The van der Waals surface area contributed by atoms with Crippen LogP contribution in [0.1, 0.15) is 25.7 Å². The van der Waals surface area contributed by atoms with Crippen molar-refractivity contribution < 1.29 is 19.4 Å². The van der Waals surface area contributed by atoms with Crippen LogP contribution in [0.4, 0.5) is 4.79 Å². The van der Waals surface area contributed by atoms with E-state index in [2.05, 4.69) is 10.6 Å². The Morgan fingerprint density at radius 2 is 2.06 bits per heavy atom. The first-order chi connectivity index (χ1) is 8.66. The summed E-state index contributed by atoms with van der Waals surface area (Å²) >= 11 is 0. The van der Waals surface area contributed by atoms with Gasteiger partial charge in [0.2, 0.25) is 0 Å². The molecular formula is C12H20N2O4. The number of hydrogen-bond donors (Lipinski definition) is 3. The van der Waals surface area contributed by atoms with E-state index in [-0.39, 0.29) is 19.2 Å². The summed E-state index contributed by atoms with van der Waals surface area (Å²) in [5.74, 6) is -0.691. The van der Waals surface area contributed by atoms with Crippen LogP contribution in [0.3, 0.4) is 0 Å². The molecule has 2 amide bonds. The van der Waals surface area contributed by atoms with E-state index in [1.807, 2.05) is 0 Å². The Labute approximate surface area is 106 Å². The van der Waals surface area contributed by atoms with Gasteiger partial charge >= 0.3 is 12.0 Å². The van der Waals surface area contributed by atoms with E-state index >= 15 is 0 Å². The summed E-state index contributed by atoms with van der Waals surface area (Å²) in [6.45, 7) is 1.09. The third kappa shape index (κ3) is 3.87. The number of aliphatic carboxylic acids is 1. The highest BCUT2D eigenvalue weighted by atomic mass is 16.5. The predicted molar refractivity (Wildman–Crippen MR) is 64.2 cm³/mol. The van der Waals surface area contributed by atoms with Crippen LogP contribution in [0, 0.1) is 11.8 Å². The largest absolute Gasteiger partial charge is 0.481 e. The number of ether oxygens (including phenoxy) is 1. The summed E-state index contributed by atoms with van der Waals surface area (Å²) in [5, 5.41) is 14.3. The fourth-order valence-electron chi connectivity index (χ4n) is 2.16. The molecule has 3 N–H and O–H groups in total. The fourth-order valence-corrected chi connectivity index (χ4v) is 2.16. The highest BCUT2D eigenvalue weighted by Crippen LogP contribution is 2.33. The maximum Gasteiger partial charge on any atom is 0.315 e. The first-order valence-corrected chi connectivity index (χ1v) is 6.51. The summed E-state index contributed by atoms with van der Waals surface area (Å²) in [4.78, 5) is 22.4. The second-order valence-electron chi connectivity index (χ2n) is 5.07. The molecule has 0 radical (unpaired) electrons. The highest BCUT2D eigenvalue weighted by molar-refractivity contribution is 5.77. The molecule has 0 spiro atoms. The van der Waals surface area contributed by atoms with Crippen molar-refractivity contribution in [2.24, 2.45) is 11.8 Å². The van der Waals surface area contributed by atoms with Gasteiger partial charge in [-0.15, -0.1) is 0 Å². The number of amides is 2. The van der Waals surface area contributed by atoms with Gasteiger partial charge in [0.25, 0.3) is 0 Å². The minimum absolute atomic E-state index is 0.169. The van der Waals surface area contributed by atoms with Gasteiger partial charge in [0.1, 0.15) is 5.92 Å². The number of nitrogens with one attached hydrogen (secondary N) is 2. The van der Waals surface area contributed by atoms with E-state index in [4.69, 9.17) is 9.84 Å². The standard InChI is InChI=1S/C12H20N2O4/c15-11(16)9-6-18-7-10(9)14-12(17)13-5-1-2-8-3-4-8/h8-10H,1-7H2,(H,15,16)(H2,13,14,17). The quantitative estimate of drug-likeness (QED) is 0.606. The van der Waals surface area contributed by atoms with Gasteiger partial charge in [0.05, 0.1) is 19.3 Å². The molecule has 2 aliphatic rings. The highest BCUT2D eigenvalue weighted by Gasteiger charge is 2.34. The van der Waals surface area contributed by atoms with E-state index in [0.29, 0.717) is 6.54 Å². The Morgan fingerprint density at radius 3 is 2.72 bits per heavy atom. The van der Waals surface area contributed by atoms with E-state index in [1.54, 1.807) is 0 Å². The number of carboxylic acid groups (broad SMARTS) is 1. The van der Waals surface area contributed by atoms with Gasteiger partial charge in [-0.2, -0.15) is 0 Å². The maximum absolute atomic E-state index is 11.6. The Morgan fingerprint density at radius 1 is 1.28 bits per heavy atom. The fraction of sp³-hybridized carbons (Fsp3) is 0.833. The lowest BCUT2D eigenvalue weighted by Gasteiger charge is -2.16. The minimum Gasteiger partial charge on any atom is -0.481 e. The lowest BCUT2D eigenvalue weighted by atomic mass is 10.0. The summed E-state index contributed by atoms with van der Waals surface area (Å²) in [5.41, 5.74) is 0. The molecule has 2 rings (SSSR count). The van der Waals surface area contributed by atoms with Gasteiger partial charge in [-0.1, -0.05) is 12.8 Å². The zero-order valence-electron chi connectivity index (χ0n) is 10.4. The van der Waals surface area contributed by atoms with E-state index in [0.717, 1.165) is 12.3 Å². The molecule has 6 nitrogen and oxygen atoms in total. The van der Waals surface area contributed by atoms with Crippen LogP contribution in [0.25, 0.3) is 0 Å². The zero-order chi connectivity index (χ0) is 13.0. The molecule has 1 saturated heterocycles. The van der Waals surface area contributed by atoms with Crippen molar-refractivity contribution in [2.45, 2.75) is 31.7 Å². The Balaban J connectivity index is 1.61. The van der Waals surface area contributed by atoms with Gasteiger partial charge in [0.15, 0.2) is 0 Å². The number of carbonyl (C=O) groups excluding carboxylic acids is 1. The SMILES string of the molecule is O=C(NCCCC1CC1)NC1COCC1C(=O)O. The molecule has 0 bridgehead atoms. The van der Waals surface area contributed by atoms with Crippen molar-refractivity contribution in [3.05, 3.63) is 0 Å². The normalized spacial score (nSPS) is 26.9. The molecule has 18 heavy (non-hydrogen) atoms. The first-order valence-electron chi connectivity index (χ1n) is 6.51. The van der Waals surface area contributed by atoms with Crippen LogP contribution in [-0.4, -0.2) is 42.9 Å². The van der Waals surface area contributed by atoms with E-state index < -0.39 is 17.9 Å². The van der Waals surface area contributed by atoms with Gasteiger partial charge in [0, 0.05) is 6.54 Å². The molecule has 0 aromatic carbocycles. The lowest BCUT2D eigenvalue weighted by molar-refractivity contribution is -0.142. The Kier molecular flexibility index (Phi) is 4.41. The van der Waals surface area contributed by atoms with Gasteiger partial charge in [-0.05, 0) is 18.8 Å². The van der Waals surface area contributed by atoms with Gasteiger partial charge in [-0.3, -0.25) is 4.79 Å². The van der Waals surface area contributed by atoms with Crippen LogP contribution < -0.4 is 10.6 Å². The lowest BCUT2D eigenvalue weighted by Crippen LogP contribution is -2.47. The average molecular weight is 256 g/mol. The monoisotopic (exact) mass is 256 g/mol. The van der Waals surface area contributed by atoms with E-state index in [1.165, 1.54) is 19.3 Å². The predicted octanol–water partition coefficient (Wildman–Crippen LogP) is 0.575. The average Bonchev–Trinajstić information content (AvgIpc) is 3.03. The first kappa shape index (κ1) is 13.1. The zero-order valence-corrected chi connectivity index (χ0v) is 10.4. The van der Waals surface area contributed by atoms with Crippen molar-refractivity contribution in [2.75, 3.05) is 19.8 Å². The molecule has 2 atom stereocenters. The number of carbonyl (C=O) groups is 2. The van der Waals surface area contributed by atoms with Crippen molar-refractivity contribution in [3.63, 3.8) is 0 Å². The third-order valence-corrected chi connectivity index (χ3v) is 3.49. The topological polar surface area (TPSA) is 87.7 Å². The second kappa shape index (κ2) is 6.04. The van der Waals surface area contributed by atoms with Gasteiger partial charge < -0.3 is 20.5 Å². The summed E-state index contributed by atoms with van der Waals surface area (Å²) < 4.78 is 5.07. The Hall–Kier alpha value is -1.30. The number of rotatable bonds is 6. The molecule has 2 unspecified atom stereocenters. The van der Waals surface area contributed by atoms with Crippen LogP contribution in [-0.2, 0) is 9.53 Å². The summed E-state index contributed by atoms with van der Waals surface area (Å²) in [7, 11) is 0. The maximum atomic E-state index is 11.6. The molecular weight excluding hydrogens is 236 g/mol. The number of carboxylic acids is 1. The van der Waals surface area contributed by atoms with Gasteiger partial charge in [-0.25, -0.2) is 4.79 Å². The molecule has 102 valence electrons. The van der Waals surface area contributed by atoms with Crippen molar-refractivity contribution in [1.29, 1.82) is 0 Å². The molecule has 2 fully saturated rings. The molecule has 0 aromatic rings. The molecule has 1 aliphatic heterocycles. The molecule has 6 heteroatoms. The number of urea groups is 1. The van der Waals surface area contributed by atoms with Crippen LogP contribution in [0.5, 0.6) is 0 Å². The molecule has 1 heterocycles. The van der Waals surface area contributed by atoms with Crippen LogP contribution in [0.2, 0.25) is 0 Å². The molecule has 1 saturated carbocycles. The van der Waals surface area contributed by atoms with Crippen LogP contribution >= 0.6 is 0 Å². The molecule has 0 aromatic heterocycles.